The number of aliphatic carboxylic acids is 1. The van der Waals surface area contributed by atoms with Crippen molar-refractivity contribution < 1.29 is 19.1 Å². The van der Waals surface area contributed by atoms with Gasteiger partial charge in [-0.2, -0.15) is 0 Å². The Hall–Kier alpha value is -3.08. The maximum Gasteiger partial charge on any atom is 0.235 e. The van der Waals surface area contributed by atoms with Gasteiger partial charge in [-0.05, 0) is 31.0 Å². The Balaban J connectivity index is 2.28. The van der Waals surface area contributed by atoms with Crippen molar-refractivity contribution in [3.8, 4) is 17.1 Å². The second kappa shape index (κ2) is 6.81. The molecule has 0 aliphatic carbocycles. The number of aryl methyl sites for hydroxylation is 1. The van der Waals surface area contributed by atoms with Crippen LogP contribution in [0.3, 0.4) is 0 Å². The predicted molar refractivity (Wildman–Crippen MR) is 92.4 cm³/mol. The Kier molecular flexibility index (Phi) is 4.57. The topological polar surface area (TPSA) is 79.6 Å². The minimum Gasteiger partial charge on any atom is -0.546 e. The van der Waals surface area contributed by atoms with E-state index in [4.69, 9.17) is 9.15 Å². The number of fused-ring (bicyclic) bond motifs is 1. The highest BCUT2D eigenvalue weighted by molar-refractivity contribution is 5.83. The van der Waals surface area contributed by atoms with Crippen LogP contribution < -0.4 is 15.3 Å². The fourth-order valence-electron chi connectivity index (χ4n) is 2.56. The van der Waals surface area contributed by atoms with Gasteiger partial charge in [0, 0.05) is 5.56 Å². The number of ether oxygens (including phenoxy) is 1. The van der Waals surface area contributed by atoms with Gasteiger partial charge in [-0.25, -0.2) is 0 Å². The lowest BCUT2D eigenvalue weighted by atomic mass is 10.1. The number of carbonyl (C=O) groups excluding carboxylic acids is 1. The van der Waals surface area contributed by atoms with Crippen LogP contribution in [0.25, 0.3) is 22.3 Å². The van der Waals surface area contributed by atoms with E-state index in [1.165, 1.54) is 6.92 Å². The van der Waals surface area contributed by atoms with E-state index >= 15 is 0 Å². The summed E-state index contributed by atoms with van der Waals surface area (Å²) in [5.41, 5.74) is 1.63. The van der Waals surface area contributed by atoms with Gasteiger partial charge in [-0.15, -0.1) is 0 Å². The van der Waals surface area contributed by atoms with Crippen LogP contribution in [0.5, 0.6) is 5.75 Å². The molecule has 0 spiro atoms. The molecule has 1 aromatic heterocycles. The average Bonchev–Trinajstić information content (AvgIpc) is 2.64. The largest absolute Gasteiger partial charge is 0.546 e. The molecule has 2 aromatic carbocycles. The van der Waals surface area contributed by atoms with Crippen molar-refractivity contribution in [1.82, 2.24) is 0 Å². The van der Waals surface area contributed by atoms with Crippen molar-refractivity contribution in [2.24, 2.45) is 0 Å². The van der Waals surface area contributed by atoms with Crippen molar-refractivity contribution in [3.63, 3.8) is 0 Å². The fourth-order valence-corrected chi connectivity index (χ4v) is 2.56. The summed E-state index contributed by atoms with van der Waals surface area (Å²) in [6, 6.07) is 14.3. The highest BCUT2D eigenvalue weighted by Gasteiger charge is 2.20. The monoisotopic (exact) mass is 337 g/mol. The summed E-state index contributed by atoms with van der Waals surface area (Å²) in [4.78, 5) is 24.0. The van der Waals surface area contributed by atoms with E-state index in [2.05, 4.69) is 0 Å². The lowest BCUT2D eigenvalue weighted by molar-refractivity contribution is -0.312. The summed E-state index contributed by atoms with van der Waals surface area (Å²) in [5.74, 6) is -1.32. The maximum absolute atomic E-state index is 13.0. The first-order valence-corrected chi connectivity index (χ1v) is 8.04. The Labute approximate surface area is 144 Å². The normalized spacial score (nSPS) is 12.1. The van der Waals surface area contributed by atoms with Crippen molar-refractivity contribution in [2.75, 3.05) is 0 Å². The molecule has 3 aromatic rings. The number of rotatable bonds is 5. The number of hydrogen-bond donors (Lipinski definition) is 0. The number of benzene rings is 2. The minimum absolute atomic E-state index is 0.122. The molecule has 0 radical (unpaired) electrons. The Morgan fingerprint density at radius 1 is 1.20 bits per heavy atom. The summed E-state index contributed by atoms with van der Waals surface area (Å²) in [6.07, 6.45) is -0.515. The van der Waals surface area contributed by atoms with Crippen LogP contribution in [0.2, 0.25) is 0 Å². The number of carbonyl (C=O) groups is 1. The first-order chi connectivity index (χ1) is 12.0. The van der Waals surface area contributed by atoms with Crippen LogP contribution in [0.15, 0.2) is 57.7 Å². The minimum atomic E-state index is -1.40. The SMILES string of the molecule is CCc1ccc2oc(-c3ccccc3)c(O[C@H](C)C(=O)[O-])c(=O)c2c1. The molecular formula is C20H17O5-. The highest BCUT2D eigenvalue weighted by atomic mass is 16.5. The van der Waals surface area contributed by atoms with Gasteiger partial charge in [-0.1, -0.05) is 43.3 Å². The summed E-state index contributed by atoms with van der Waals surface area (Å²) < 4.78 is 11.3. The molecule has 0 unspecified atom stereocenters. The van der Waals surface area contributed by atoms with E-state index in [9.17, 15) is 14.7 Å². The van der Waals surface area contributed by atoms with Gasteiger partial charge in [0.15, 0.2) is 5.76 Å². The molecular weight excluding hydrogens is 320 g/mol. The Morgan fingerprint density at radius 3 is 2.56 bits per heavy atom. The van der Waals surface area contributed by atoms with Gasteiger partial charge in [0.25, 0.3) is 0 Å². The van der Waals surface area contributed by atoms with E-state index in [-0.39, 0.29) is 11.5 Å². The summed E-state index contributed by atoms with van der Waals surface area (Å²) >= 11 is 0. The number of carboxylic acid groups (broad SMARTS) is 1. The third-order valence-corrected chi connectivity index (χ3v) is 3.98. The van der Waals surface area contributed by atoms with Gasteiger partial charge < -0.3 is 19.1 Å². The van der Waals surface area contributed by atoms with E-state index in [0.29, 0.717) is 16.5 Å². The third kappa shape index (κ3) is 3.26. The second-order valence-corrected chi connectivity index (χ2v) is 5.72. The van der Waals surface area contributed by atoms with Crippen LogP contribution >= 0.6 is 0 Å². The van der Waals surface area contributed by atoms with Crippen LogP contribution in [0.4, 0.5) is 0 Å². The fraction of sp³-hybridized carbons (Fsp3) is 0.200. The molecule has 0 N–H and O–H groups in total. The molecule has 1 heterocycles. The molecule has 128 valence electrons. The van der Waals surface area contributed by atoms with E-state index in [1.807, 2.05) is 19.1 Å². The van der Waals surface area contributed by atoms with E-state index < -0.39 is 17.5 Å². The first-order valence-electron chi connectivity index (χ1n) is 8.04. The van der Waals surface area contributed by atoms with Crippen LogP contribution in [-0.4, -0.2) is 12.1 Å². The second-order valence-electron chi connectivity index (χ2n) is 5.72. The van der Waals surface area contributed by atoms with E-state index in [0.717, 1.165) is 12.0 Å². The van der Waals surface area contributed by atoms with E-state index in [1.54, 1.807) is 36.4 Å². The number of carboxylic acids is 1. The average molecular weight is 337 g/mol. The van der Waals surface area contributed by atoms with Crippen molar-refractivity contribution >= 4 is 16.9 Å². The zero-order valence-electron chi connectivity index (χ0n) is 13.9. The summed E-state index contributed by atoms with van der Waals surface area (Å²) in [5, 5.41) is 11.4. The molecule has 5 nitrogen and oxygen atoms in total. The van der Waals surface area contributed by atoms with Gasteiger partial charge in [0.05, 0.1) is 11.4 Å². The summed E-state index contributed by atoms with van der Waals surface area (Å²) in [6.45, 7) is 3.30. The van der Waals surface area contributed by atoms with Gasteiger partial charge in [0.1, 0.15) is 11.7 Å². The predicted octanol–water partition coefficient (Wildman–Crippen LogP) is 2.54. The van der Waals surface area contributed by atoms with Crippen LogP contribution in [0.1, 0.15) is 19.4 Å². The zero-order valence-corrected chi connectivity index (χ0v) is 13.9. The quantitative estimate of drug-likeness (QED) is 0.715. The Bertz CT molecular complexity index is 973. The highest BCUT2D eigenvalue weighted by Crippen LogP contribution is 2.31. The molecule has 1 atom stereocenters. The molecule has 0 saturated heterocycles. The molecule has 5 heteroatoms. The Morgan fingerprint density at radius 2 is 1.92 bits per heavy atom. The smallest absolute Gasteiger partial charge is 0.235 e. The lowest BCUT2D eigenvalue weighted by Crippen LogP contribution is -2.38. The van der Waals surface area contributed by atoms with Crippen LogP contribution in [0, 0.1) is 0 Å². The zero-order chi connectivity index (χ0) is 18.0. The first kappa shape index (κ1) is 16.8. The third-order valence-electron chi connectivity index (χ3n) is 3.98. The molecule has 0 bridgehead atoms. The van der Waals surface area contributed by atoms with Crippen molar-refractivity contribution in [2.45, 2.75) is 26.4 Å². The number of hydrogen-bond acceptors (Lipinski definition) is 5. The van der Waals surface area contributed by atoms with Crippen LogP contribution in [-0.2, 0) is 11.2 Å². The van der Waals surface area contributed by atoms with Gasteiger partial charge in [-0.3, -0.25) is 4.79 Å². The van der Waals surface area contributed by atoms with Gasteiger partial charge >= 0.3 is 0 Å². The van der Waals surface area contributed by atoms with Crippen molar-refractivity contribution in [3.05, 3.63) is 64.3 Å². The molecule has 0 saturated carbocycles. The molecule has 0 amide bonds. The summed E-state index contributed by atoms with van der Waals surface area (Å²) in [7, 11) is 0. The molecule has 0 aliphatic rings. The standard InChI is InChI=1S/C20H18O5/c1-3-13-9-10-16-15(11-13)17(21)19(24-12(2)20(22)23)18(25-16)14-7-5-4-6-8-14/h4-12H,3H2,1-2H3,(H,22,23)/p-1/t12-/m1/s1. The maximum atomic E-state index is 13.0. The molecule has 0 aliphatic heterocycles. The molecule has 0 fully saturated rings. The van der Waals surface area contributed by atoms with Crippen molar-refractivity contribution in [1.29, 1.82) is 0 Å². The molecule has 25 heavy (non-hydrogen) atoms. The van der Waals surface area contributed by atoms with Gasteiger partial charge in [0.2, 0.25) is 11.2 Å². The lowest BCUT2D eigenvalue weighted by Gasteiger charge is -2.17. The molecule has 3 rings (SSSR count).